The molecule has 0 fully saturated rings. The first-order valence-corrected chi connectivity index (χ1v) is 5.22. The van der Waals surface area contributed by atoms with Crippen LogP contribution in [0, 0.1) is 0 Å². The molecule has 0 aromatic heterocycles. The van der Waals surface area contributed by atoms with Crippen molar-refractivity contribution in [3.05, 3.63) is 54.3 Å². The molecule has 0 amide bonds. The smallest absolute Gasteiger partial charge is 0.339 e. The van der Waals surface area contributed by atoms with Gasteiger partial charge in [0.15, 0.2) is 5.76 Å². The van der Waals surface area contributed by atoms with Gasteiger partial charge in [0.1, 0.15) is 5.75 Å². The number of allylic oxidation sites excluding steroid dienone is 1. The molecule has 0 spiro atoms. The lowest BCUT2D eigenvalue weighted by Crippen LogP contribution is -2.04. The molecule has 0 aliphatic heterocycles. The minimum atomic E-state index is -0.645. The Hall–Kier alpha value is -2.29. The zero-order chi connectivity index (χ0) is 12.3. The van der Waals surface area contributed by atoms with E-state index in [9.17, 15) is 9.90 Å². The Morgan fingerprint density at radius 1 is 1.12 bits per heavy atom. The zero-order valence-corrected chi connectivity index (χ0v) is 9.34. The van der Waals surface area contributed by atoms with E-state index in [-0.39, 0.29) is 5.76 Å². The van der Waals surface area contributed by atoms with Crippen molar-refractivity contribution in [1.82, 2.24) is 0 Å². The summed E-state index contributed by atoms with van der Waals surface area (Å²) in [6.07, 6.45) is 0.932. The van der Waals surface area contributed by atoms with Gasteiger partial charge in [0, 0.05) is 5.39 Å². The number of hydrogen-bond acceptors (Lipinski definition) is 2. The second-order valence-electron chi connectivity index (χ2n) is 3.65. The molecule has 0 atom stereocenters. The van der Waals surface area contributed by atoms with Gasteiger partial charge in [-0.25, -0.2) is 4.79 Å². The molecule has 2 rings (SSSR count). The maximum Gasteiger partial charge on any atom is 0.339 e. The topological polar surface area (TPSA) is 46.2 Å². The second-order valence-corrected chi connectivity index (χ2v) is 3.65. The van der Waals surface area contributed by atoms with Crippen molar-refractivity contribution >= 4 is 16.7 Å². The van der Waals surface area contributed by atoms with E-state index in [1.54, 1.807) is 12.1 Å². The van der Waals surface area contributed by atoms with Crippen molar-refractivity contribution in [3.8, 4) is 5.75 Å². The maximum atomic E-state index is 11.4. The molecule has 3 heteroatoms. The lowest BCUT2D eigenvalue weighted by molar-refractivity contribution is -0.129. The Kier molecular flexibility index (Phi) is 3.10. The largest absolute Gasteiger partial charge is 0.423 e. The molecular weight excluding hydrogens is 216 g/mol. The number of fused-ring (bicyclic) bond motifs is 1. The molecule has 0 unspecified atom stereocenters. The SMILES string of the molecule is CC([O])=CC(=O)Oc1cccc2ccccc12. The Morgan fingerprint density at radius 3 is 2.59 bits per heavy atom. The monoisotopic (exact) mass is 227 g/mol. The van der Waals surface area contributed by atoms with Crippen molar-refractivity contribution in [3.63, 3.8) is 0 Å². The van der Waals surface area contributed by atoms with Crippen LogP contribution in [-0.2, 0) is 9.90 Å². The lowest BCUT2D eigenvalue weighted by atomic mass is 10.1. The van der Waals surface area contributed by atoms with Gasteiger partial charge in [-0.2, -0.15) is 0 Å². The highest BCUT2D eigenvalue weighted by Gasteiger charge is 2.06. The number of carbonyl (C=O) groups excluding carboxylic acids is 1. The highest BCUT2D eigenvalue weighted by molar-refractivity contribution is 5.92. The first-order valence-electron chi connectivity index (χ1n) is 5.22. The van der Waals surface area contributed by atoms with Crippen LogP contribution < -0.4 is 4.74 Å². The average Bonchev–Trinajstić information content (AvgIpc) is 2.28. The molecule has 0 saturated heterocycles. The number of esters is 1. The van der Waals surface area contributed by atoms with E-state index in [2.05, 4.69) is 0 Å². The van der Waals surface area contributed by atoms with Gasteiger partial charge in [-0.1, -0.05) is 36.4 Å². The van der Waals surface area contributed by atoms with Crippen LogP contribution in [0.1, 0.15) is 6.92 Å². The van der Waals surface area contributed by atoms with Crippen molar-refractivity contribution in [2.24, 2.45) is 0 Å². The summed E-state index contributed by atoms with van der Waals surface area (Å²) in [5, 5.41) is 12.6. The van der Waals surface area contributed by atoms with Crippen LogP contribution in [-0.4, -0.2) is 5.97 Å². The van der Waals surface area contributed by atoms with Gasteiger partial charge < -0.3 is 4.74 Å². The number of benzene rings is 2. The molecule has 85 valence electrons. The Morgan fingerprint density at radius 2 is 1.82 bits per heavy atom. The highest BCUT2D eigenvalue weighted by Crippen LogP contribution is 2.25. The summed E-state index contributed by atoms with van der Waals surface area (Å²) in [6.45, 7) is 1.31. The van der Waals surface area contributed by atoms with Crippen LogP contribution >= 0.6 is 0 Å². The summed E-state index contributed by atoms with van der Waals surface area (Å²) in [5.41, 5.74) is 0. The maximum absolute atomic E-state index is 11.4. The quantitative estimate of drug-likeness (QED) is 0.342. The molecular formula is C14H11O3. The van der Waals surface area contributed by atoms with Crippen LogP contribution in [0.5, 0.6) is 5.75 Å². The minimum absolute atomic E-state index is 0.324. The van der Waals surface area contributed by atoms with Crippen LogP contribution in [0.2, 0.25) is 0 Å². The molecule has 2 aromatic rings. The molecule has 0 N–H and O–H groups in total. The van der Waals surface area contributed by atoms with Crippen LogP contribution in [0.3, 0.4) is 0 Å². The number of rotatable bonds is 2. The normalized spacial score (nSPS) is 11.5. The van der Waals surface area contributed by atoms with Gasteiger partial charge in [-0.3, -0.25) is 5.11 Å². The van der Waals surface area contributed by atoms with Crippen LogP contribution in [0.25, 0.3) is 10.8 Å². The molecule has 0 aliphatic carbocycles. The lowest BCUT2D eigenvalue weighted by Gasteiger charge is -2.05. The van der Waals surface area contributed by atoms with Gasteiger partial charge in [0.05, 0.1) is 6.08 Å². The summed E-state index contributed by atoms with van der Waals surface area (Å²) < 4.78 is 5.12. The third-order valence-corrected chi connectivity index (χ3v) is 2.28. The van der Waals surface area contributed by atoms with E-state index < -0.39 is 5.97 Å². The van der Waals surface area contributed by atoms with E-state index in [4.69, 9.17) is 4.74 Å². The van der Waals surface area contributed by atoms with E-state index in [1.807, 2.05) is 30.3 Å². The zero-order valence-electron chi connectivity index (χ0n) is 9.34. The predicted octanol–water partition coefficient (Wildman–Crippen LogP) is 3.08. The third-order valence-electron chi connectivity index (χ3n) is 2.28. The molecule has 0 heterocycles. The van der Waals surface area contributed by atoms with Crippen molar-refractivity contribution in [2.45, 2.75) is 6.92 Å². The van der Waals surface area contributed by atoms with Crippen molar-refractivity contribution < 1.29 is 14.6 Å². The fraction of sp³-hybridized carbons (Fsp3) is 0.0714. The second kappa shape index (κ2) is 4.70. The Labute approximate surface area is 99.0 Å². The molecule has 0 saturated carbocycles. The number of ether oxygens (including phenoxy) is 1. The molecule has 2 aromatic carbocycles. The van der Waals surface area contributed by atoms with Gasteiger partial charge in [0.25, 0.3) is 0 Å². The number of hydrogen-bond donors (Lipinski definition) is 0. The molecule has 1 radical (unpaired) electrons. The predicted molar refractivity (Wildman–Crippen MR) is 64.0 cm³/mol. The fourth-order valence-corrected chi connectivity index (χ4v) is 1.59. The first-order chi connectivity index (χ1) is 8.16. The van der Waals surface area contributed by atoms with Crippen molar-refractivity contribution in [1.29, 1.82) is 0 Å². The first kappa shape index (κ1) is 11.2. The molecule has 3 nitrogen and oxygen atoms in total. The third kappa shape index (κ3) is 2.64. The highest BCUT2D eigenvalue weighted by atomic mass is 16.5. The van der Waals surface area contributed by atoms with Crippen LogP contribution in [0.15, 0.2) is 54.3 Å². The summed E-state index contributed by atoms with van der Waals surface area (Å²) >= 11 is 0. The van der Waals surface area contributed by atoms with E-state index >= 15 is 0 Å². The molecule has 0 bridgehead atoms. The van der Waals surface area contributed by atoms with E-state index in [0.29, 0.717) is 5.75 Å². The fourth-order valence-electron chi connectivity index (χ4n) is 1.59. The summed E-state index contributed by atoms with van der Waals surface area (Å²) in [5.74, 6) is -0.505. The summed E-state index contributed by atoms with van der Waals surface area (Å²) in [7, 11) is 0. The molecule has 17 heavy (non-hydrogen) atoms. The Balaban J connectivity index is 2.36. The van der Waals surface area contributed by atoms with Crippen molar-refractivity contribution in [2.75, 3.05) is 0 Å². The van der Waals surface area contributed by atoms with E-state index in [1.165, 1.54) is 6.92 Å². The summed E-state index contributed by atoms with van der Waals surface area (Å²) in [6, 6.07) is 13.0. The average molecular weight is 227 g/mol. The van der Waals surface area contributed by atoms with Gasteiger partial charge in [0.2, 0.25) is 0 Å². The number of carbonyl (C=O) groups is 1. The van der Waals surface area contributed by atoms with Gasteiger partial charge in [-0.05, 0) is 18.4 Å². The minimum Gasteiger partial charge on any atom is -0.423 e. The Bertz CT molecular complexity index is 576. The summed E-state index contributed by atoms with van der Waals surface area (Å²) in [4.78, 5) is 11.4. The van der Waals surface area contributed by atoms with Gasteiger partial charge >= 0.3 is 5.97 Å². The standard InChI is InChI=1S/C14H11O3/c1-10(15)9-14(16)17-13-8-4-6-11-5-2-3-7-12(11)13/h2-9H,1H3. The van der Waals surface area contributed by atoms with Crippen LogP contribution in [0.4, 0.5) is 0 Å². The van der Waals surface area contributed by atoms with E-state index in [0.717, 1.165) is 16.8 Å². The van der Waals surface area contributed by atoms with Gasteiger partial charge in [-0.15, -0.1) is 0 Å². The molecule has 0 aliphatic rings.